The Balaban J connectivity index is 1.43. The first-order valence-corrected chi connectivity index (χ1v) is 9.39. The van der Waals surface area contributed by atoms with E-state index in [2.05, 4.69) is 20.9 Å². The first kappa shape index (κ1) is 16.1. The number of anilines is 1. The molecule has 0 N–H and O–H groups in total. The summed E-state index contributed by atoms with van der Waals surface area (Å²) in [5.41, 5.74) is 2.78. The second kappa shape index (κ2) is 6.54. The molecular weight excluding hydrogens is 338 g/mol. The highest BCUT2D eigenvalue weighted by atomic mass is 16.2. The van der Waals surface area contributed by atoms with Crippen molar-refractivity contribution in [2.24, 2.45) is 0 Å². The fraction of sp³-hybridized carbons (Fsp3) is 0.286. The number of amides is 1. The molecule has 5 heterocycles. The lowest BCUT2D eigenvalue weighted by atomic mass is 10.2. The zero-order valence-electron chi connectivity index (χ0n) is 15.0. The van der Waals surface area contributed by atoms with Crippen LogP contribution in [0.15, 0.2) is 61.2 Å². The average molecular weight is 359 g/mol. The molecule has 1 atom stereocenters. The van der Waals surface area contributed by atoms with Gasteiger partial charge in [-0.1, -0.05) is 0 Å². The molecule has 2 aliphatic heterocycles. The third-order valence-corrected chi connectivity index (χ3v) is 5.48. The van der Waals surface area contributed by atoms with E-state index in [-0.39, 0.29) is 5.91 Å². The molecule has 0 unspecified atom stereocenters. The Kier molecular flexibility index (Phi) is 3.89. The first-order chi connectivity index (χ1) is 13.3. The largest absolute Gasteiger partial charge is 0.365 e. The van der Waals surface area contributed by atoms with Gasteiger partial charge in [0.1, 0.15) is 5.82 Å². The Morgan fingerprint density at radius 3 is 2.78 bits per heavy atom. The van der Waals surface area contributed by atoms with E-state index in [1.807, 2.05) is 58.4 Å². The quantitative estimate of drug-likeness (QED) is 0.706. The molecule has 3 aromatic rings. The third kappa shape index (κ3) is 2.87. The molecular formula is C21H21N5O. The minimum Gasteiger partial charge on any atom is -0.365 e. The maximum Gasteiger partial charge on any atom is 0.255 e. The van der Waals surface area contributed by atoms with E-state index in [9.17, 15) is 4.79 Å². The van der Waals surface area contributed by atoms with Crippen molar-refractivity contribution >= 4 is 11.6 Å². The number of hydrogen-bond donors (Lipinski definition) is 0. The molecule has 0 spiro atoms. The summed E-state index contributed by atoms with van der Waals surface area (Å²) in [5.74, 6) is 0.827. The SMILES string of the molecule is O=C(c1ccc(-n2cccc2)nc1)N1Cc2ncccc2N2CCC[C@H]2C1. The highest BCUT2D eigenvalue weighted by molar-refractivity contribution is 5.94. The van der Waals surface area contributed by atoms with Gasteiger partial charge < -0.3 is 14.4 Å². The lowest BCUT2D eigenvalue weighted by molar-refractivity contribution is 0.0736. The van der Waals surface area contributed by atoms with E-state index in [1.54, 1.807) is 6.20 Å². The van der Waals surface area contributed by atoms with Crippen molar-refractivity contribution in [1.29, 1.82) is 0 Å². The molecule has 1 amide bonds. The fourth-order valence-corrected chi connectivity index (χ4v) is 4.15. The van der Waals surface area contributed by atoms with E-state index in [0.717, 1.165) is 37.4 Å². The normalized spacial score (nSPS) is 18.7. The lowest BCUT2D eigenvalue weighted by Gasteiger charge is -2.27. The zero-order chi connectivity index (χ0) is 18.2. The summed E-state index contributed by atoms with van der Waals surface area (Å²) >= 11 is 0. The van der Waals surface area contributed by atoms with E-state index in [1.165, 1.54) is 5.69 Å². The van der Waals surface area contributed by atoms with Gasteiger partial charge in [-0.3, -0.25) is 9.78 Å². The van der Waals surface area contributed by atoms with Crippen LogP contribution < -0.4 is 4.90 Å². The Bertz CT molecular complexity index is 951. The van der Waals surface area contributed by atoms with Crippen LogP contribution in [0.4, 0.5) is 5.69 Å². The number of carbonyl (C=O) groups is 1. The molecule has 0 aromatic carbocycles. The van der Waals surface area contributed by atoms with Crippen LogP contribution in [0.3, 0.4) is 0 Å². The van der Waals surface area contributed by atoms with Gasteiger partial charge in [-0.2, -0.15) is 0 Å². The molecule has 3 aromatic heterocycles. The van der Waals surface area contributed by atoms with Gasteiger partial charge in [-0.15, -0.1) is 0 Å². The van der Waals surface area contributed by atoms with E-state index < -0.39 is 0 Å². The van der Waals surface area contributed by atoms with Crippen molar-refractivity contribution in [3.8, 4) is 5.82 Å². The van der Waals surface area contributed by atoms with Crippen LogP contribution in [0.25, 0.3) is 5.82 Å². The number of aromatic nitrogens is 3. The molecule has 1 saturated heterocycles. The molecule has 136 valence electrons. The van der Waals surface area contributed by atoms with Crippen LogP contribution in [-0.2, 0) is 6.54 Å². The topological polar surface area (TPSA) is 54.3 Å². The van der Waals surface area contributed by atoms with E-state index in [4.69, 9.17) is 0 Å². The first-order valence-electron chi connectivity index (χ1n) is 9.39. The van der Waals surface area contributed by atoms with E-state index >= 15 is 0 Å². The number of hydrogen-bond acceptors (Lipinski definition) is 4. The number of rotatable bonds is 2. The number of nitrogens with zero attached hydrogens (tertiary/aromatic N) is 5. The lowest BCUT2D eigenvalue weighted by Crippen LogP contribution is -2.40. The van der Waals surface area contributed by atoms with E-state index in [0.29, 0.717) is 18.2 Å². The molecule has 0 saturated carbocycles. The summed E-state index contributed by atoms with van der Waals surface area (Å²) in [6.07, 6.45) is 9.64. The van der Waals surface area contributed by atoms with Gasteiger partial charge in [0.2, 0.25) is 0 Å². The minimum absolute atomic E-state index is 0.0203. The summed E-state index contributed by atoms with van der Waals surface area (Å²) in [4.78, 5) is 26.5. The standard InChI is InChI=1S/C21H21N5O/c27-21(16-7-8-20(23-13-16)24-10-1-2-11-24)25-14-17-5-4-12-26(17)19-6-3-9-22-18(19)15-25/h1-3,6-11,13,17H,4-5,12,14-15H2/t17-/m0/s1. The highest BCUT2D eigenvalue weighted by Gasteiger charge is 2.33. The van der Waals surface area contributed by atoms with Crippen molar-refractivity contribution in [3.05, 3.63) is 72.4 Å². The van der Waals surface area contributed by atoms with Crippen LogP contribution in [0.2, 0.25) is 0 Å². The molecule has 0 bridgehead atoms. The second-order valence-corrected chi connectivity index (χ2v) is 7.14. The smallest absolute Gasteiger partial charge is 0.255 e. The summed E-state index contributed by atoms with van der Waals surface area (Å²) < 4.78 is 1.93. The maximum absolute atomic E-state index is 13.2. The Hall–Kier alpha value is -3.15. The molecule has 5 rings (SSSR count). The van der Waals surface area contributed by atoms with Crippen molar-refractivity contribution < 1.29 is 4.79 Å². The second-order valence-electron chi connectivity index (χ2n) is 7.14. The molecule has 1 fully saturated rings. The summed E-state index contributed by atoms with van der Waals surface area (Å²) in [6, 6.07) is 12.1. The summed E-state index contributed by atoms with van der Waals surface area (Å²) in [6.45, 7) is 2.31. The van der Waals surface area contributed by atoms with Crippen LogP contribution in [0.1, 0.15) is 28.9 Å². The summed E-state index contributed by atoms with van der Waals surface area (Å²) in [5, 5.41) is 0. The van der Waals surface area contributed by atoms with Crippen LogP contribution in [0.5, 0.6) is 0 Å². The predicted molar refractivity (Wildman–Crippen MR) is 103 cm³/mol. The average Bonchev–Trinajstić information content (AvgIpc) is 3.37. The van der Waals surface area contributed by atoms with Crippen molar-refractivity contribution in [3.63, 3.8) is 0 Å². The maximum atomic E-state index is 13.2. The van der Waals surface area contributed by atoms with Gasteiger partial charge in [-0.05, 0) is 49.2 Å². The van der Waals surface area contributed by atoms with Crippen LogP contribution in [0, 0.1) is 0 Å². The van der Waals surface area contributed by atoms with Gasteiger partial charge in [0.25, 0.3) is 5.91 Å². The highest BCUT2D eigenvalue weighted by Crippen LogP contribution is 2.32. The minimum atomic E-state index is 0.0203. The molecule has 2 aliphatic rings. The van der Waals surface area contributed by atoms with Crippen molar-refractivity contribution in [2.75, 3.05) is 18.0 Å². The Morgan fingerprint density at radius 1 is 1.07 bits per heavy atom. The molecule has 27 heavy (non-hydrogen) atoms. The van der Waals surface area contributed by atoms with Crippen molar-refractivity contribution in [1.82, 2.24) is 19.4 Å². The van der Waals surface area contributed by atoms with Crippen LogP contribution in [-0.4, -0.2) is 44.5 Å². The zero-order valence-corrected chi connectivity index (χ0v) is 15.0. The Morgan fingerprint density at radius 2 is 1.96 bits per heavy atom. The number of fused-ring (bicyclic) bond motifs is 3. The van der Waals surface area contributed by atoms with Crippen molar-refractivity contribution in [2.45, 2.75) is 25.4 Å². The molecule has 6 nitrogen and oxygen atoms in total. The molecule has 0 aliphatic carbocycles. The molecule has 6 heteroatoms. The van der Waals surface area contributed by atoms with Gasteiger partial charge in [0, 0.05) is 43.9 Å². The predicted octanol–water partition coefficient (Wildman–Crippen LogP) is 2.89. The van der Waals surface area contributed by atoms with Gasteiger partial charge in [-0.25, -0.2) is 4.98 Å². The van der Waals surface area contributed by atoms with Gasteiger partial charge >= 0.3 is 0 Å². The Labute approximate surface area is 158 Å². The van der Waals surface area contributed by atoms with Gasteiger partial charge in [0.15, 0.2) is 0 Å². The number of pyridine rings is 2. The summed E-state index contributed by atoms with van der Waals surface area (Å²) in [7, 11) is 0. The fourth-order valence-electron chi connectivity index (χ4n) is 4.15. The monoisotopic (exact) mass is 359 g/mol. The number of carbonyl (C=O) groups excluding carboxylic acids is 1. The van der Waals surface area contributed by atoms with Crippen LogP contribution >= 0.6 is 0 Å². The molecule has 0 radical (unpaired) electrons. The van der Waals surface area contributed by atoms with Gasteiger partial charge in [0.05, 0.1) is 23.5 Å². The third-order valence-electron chi connectivity index (χ3n) is 5.48.